The van der Waals surface area contributed by atoms with Crippen LogP contribution in [0.25, 0.3) is 0 Å². The number of piperidine rings is 1. The maximum atomic E-state index is 11.5. The standard InChI is InChI=1S/C17H35N5O2S/c1-17(2,20-25(4,23)24)14-19-16(18-3)22-11-8-15(13-22)12-21-9-6-5-7-10-21/h15,20H,5-14H2,1-4H3,(H,18,19). The molecule has 0 aromatic rings. The SMILES string of the molecule is CN=C(NCC(C)(C)NS(C)(=O)=O)N1CCC(CN2CCCCC2)C1. The Morgan fingerprint density at radius 1 is 1.20 bits per heavy atom. The predicted octanol–water partition coefficient (Wildman–Crippen LogP) is 0.697. The molecule has 2 heterocycles. The first-order valence-electron chi connectivity index (χ1n) is 9.35. The molecule has 2 aliphatic heterocycles. The van der Waals surface area contributed by atoms with Crippen LogP contribution >= 0.6 is 0 Å². The summed E-state index contributed by atoms with van der Waals surface area (Å²) < 4.78 is 25.6. The second-order valence-corrected chi connectivity index (χ2v) is 9.87. The third-order valence-corrected chi connectivity index (χ3v) is 5.84. The minimum atomic E-state index is -3.23. The molecular formula is C17H35N5O2S. The van der Waals surface area contributed by atoms with E-state index < -0.39 is 15.6 Å². The molecule has 1 unspecified atom stereocenters. The molecule has 0 spiro atoms. The smallest absolute Gasteiger partial charge is 0.209 e. The van der Waals surface area contributed by atoms with Gasteiger partial charge in [-0.2, -0.15) is 0 Å². The van der Waals surface area contributed by atoms with Gasteiger partial charge in [0.25, 0.3) is 0 Å². The molecule has 146 valence electrons. The first-order valence-corrected chi connectivity index (χ1v) is 11.2. The lowest BCUT2D eigenvalue weighted by Crippen LogP contribution is -2.53. The fourth-order valence-corrected chi connectivity index (χ4v) is 4.93. The van der Waals surface area contributed by atoms with Crippen molar-refractivity contribution in [3.8, 4) is 0 Å². The van der Waals surface area contributed by atoms with Crippen LogP contribution in [0.3, 0.4) is 0 Å². The van der Waals surface area contributed by atoms with Crippen LogP contribution in [-0.4, -0.2) is 82.3 Å². The van der Waals surface area contributed by atoms with Gasteiger partial charge in [0.15, 0.2) is 5.96 Å². The van der Waals surface area contributed by atoms with E-state index >= 15 is 0 Å². The van der Waals surface area contributed by atoms with Crippen LogP contribution in [0.1, 0.15) is 39.5 Å². The van der Waals surface area contributed by atoms with Crippen LogP contribution in [0.15, 0.2) is 4.99 Å². The number of hydrogen-bond acceptors (Lipinski definition) is 4. The van der Waals surface area contributed by atoms with Crippen molar-refractivity contribution in [1.82, 2.24) is 19.8 Å². The molecule has 0 radical (unpaired) electrons. The molecule has 0 amide bonds. The maximum Gasteiger partial charge on any atom is 0.209 e. The second kappa shape index (κ2) is 8.68. The lowest BCUT2D eigenvalue weighted by Gasteiger charge is -2.30. The number of rotatable bonds is 6. The first-order chi connectivity index (χ1) is 11.7. The molecule has 0 aliphatic carbocycles. The fourth-order valence-electron chi connectivity index (χ4n) is 3.85. The monoisotopic (exact) mass is 373 g/mol. The molecule has 1 atom stereocenters. The number of likely N-dealkylation sites (tertiary alicyclic amines) is 2. The highest BCUT2D eigenvalue weighted by Gasteiger charge is 2.28. The molecule has 2 aliphatic rings. The van der Waals surface area contributed by atoms with Crippen LogP contribution < -0.4 is 10.0 Å². The molecule has 0 bridgehead atoms. The Balaban J connectivity index is 1.81. The molecule has 0 saturated carbocycles. The highest BCUT2D eigenvalue weighted by atomic mass is 32.2. The van der Waals surface area contributed by atoms with E-state index in [0.717, 1.165) is 19.0 Å². The van der Waals surface area contributed by atoms with Crippen molar-refractivity contribution in [2.45, 2.75) is 45.1 Å². The van der Waals surface area contributed by atoms with Gasteiger partial charge in [0.2, 0.25) is 10.0 Å². The average molecular weight is 374 g/mol. The summed E-state index contributed by atoms with van der Waals surface area (Å²) in [7, 11) is -1.44. The lowest BCUT2D eigenvalue weighted by molar-refractivity contribution is 0.198. The number of hydrogen-bond donors (Lipinski definition) is 2. The summed E-state index contributed by atoms with van der Waals surface area (Å²) in [5.41, 5.74) is -0.559. The summed E-state index contributed by atoms with van der Waals surface area (Å²) in [6.45, 7) is 9.96. The van der Waals surface area contributed by atoms with Gasteiger partial charge in [-0.3, -0.25) is 4.99 Å². The van der Waals surface area contributed by atoms with Crippen molar-refractivity contribution < 1.29 is 8.42 Å². The minimum Gasteiger partial charge on any atom is -0.354 e. The molecule has 2 fully saturated rings. The summed E-state index contributed by atoms with van der Waals surface area (Å²) in [5.74, 6) is 1.56. The van der Waals surface area contributed by atoms with E-state index in [2.05, 4.69) is 24.8 Å². The zero-order valence-corrected chi connectivity index (χ0v) is 17.0. The Labute approximate surface area is 153 Å². The van der Waals surface area contributed by atoms with Gasteiger partial charge in [-0.25, -0.2) is 13.1 Å². The third kappa shape index (κ3) is 7.11. The van der Waals surface area contributed by atoms with Crippen LogP contribution in [0.5, 0.6) is 0 Å². The summed E-state index contributed by atoms with van der Waals surface area (Å²) in [6, 6.07) is 0. The van der Waals surface area contributed by atoms with Gasteiger partial charge in [0.05, 0.1) is 6.26 Å². The van der Waals surface area contributed by atoms with Crippen LogP contribution in [0.2, 0.25) is 0 Å². The molecule has 25 heavy (non-hydrogen) atoms. The van der Waals surface area contributed by atoms with E-state index in [1.165, 1.54) is 51.6 Å². The number of sulfonamides is 1. The Morgan fingerprint density at radius 2 is 1.88 bits per heavy atom. The van der Waals surface area contributed by atoms with E-state index in [0.29, 0.717) is 12.5 Å². The van der Waals surface area contributed by atoms with Crippen LogP contribution in [-0.2, 0) is 10.0 Å². The van der Waals surface area contributed by atoms with Gasteiger partial charge < -0.3 is 15.1 Å². The van der Waals surface area contributed by atoms with Gasteiger partial charge in [-0.15, -0.1) is 0 Å². The van der Waals surface area contributed by atoms with Gasteiger partial charge in [-0.05, 0) is 52.1 Å². The topological polar surface area (TPSA) is 77.0 Å². The summed E-state index contributed by atoms with van der Waals surface area (Å²) in [6.07, 6.45) is 6.43. The van der Waals surface area contributed by atoms with Crippen molar-refractivity contribution in [2.75, 3.05) is 52.6 Å². The van der Waals surface area contributed by atoms with Crippen molar-refractivity contribution in [2.24, 2.45) is 10.9 Å². The Kier molecular flexibility index (Phi) is 7.10. The van der Waals surface area contributed by atoms with Crippen LogP contribution in [0, 0.1) is 5.92 Å². The van der Waals surface area contributed by atoms with Gasteiger partial charge >= 0.3 is 0 Å². The van der Waals surface area contributed by atoms with Gasteiger partial charge in [-0.1, -0.05) is 6.42 Å². The number of aliphatic imine (C=N–C) groups is 1. The van der Waals surface area contributed by atoms with Gasteiger partial charge in [0, 0.05) is 38.8 Å². The maximum absolute atomic E-state index is 11.5. The third-order valence-electron chi connectivity index (χ3n) is 4.91. The summed E-state index contributed by atoms with van der Waals surface area (Å²) >= 11 is 0. The predicted molar refractivity (Wildman–Crippen MR) is 103 cm³/mol. The van der Waals surface area contributed by atoms with E-state index in [9.17, 15) is 8.42 Å². The van der Waals surface area contributed by atoms with Crippen molar-refractivity contribution in [3.63, 3.8) is 0 Å². The van der Waals surface area contributed by atoms with E-state index in [1.54, 1.807) is 7.05 Å². The minimum absolute atomic E-state index is 0.500. The highest BCUT2D eigenvalue weighted by Crippen LogP contribution is 2.20. The average Bonchev–Trinajstić information content (AvgIpc) is 2.95. The van der Waals surface area contributed by atoms with E-state index in [-0.39, 0.29) is 0 Å². The highest BCUT2D eigenvalue weighted by molar-refractivity contribution is 7.88. The van der Waals surface area contributed by atoms with Crippen molar-refractivity contribution in [1.29, 1.82) is 0 Å². The number of guanidine groups is 1. The first kappa shape index (κ1) is 20.5. The van der Waals surface area contributed by atoms with Crippen molar-refractivity contribution in [3.05, 3.63) is 0 Å². The fraction of sp³-hybridized carbons (Fsp3) is 0.941. The normalized spacial score (nSPS) is 23.9. The molecular weight excluding hydrogens is 338 g/mol. The molecule has 0 aromatic heterocycles. The Hall–Kier alpha value is -0.860. The van der Waals surface area contributed by atoms with Gasteiger partial charge in [0.1, 0.15) is 0 Å². The lowest BCUT2D eigenvalue weighted by atomic mass is 10.1. The molecule has 0 aromatic carbocycles. The molecule has 2 saturated heterocycles. The molecule has 7 nitrogen and oxygen atoms in total. The van der Waals surface area contributed by atoms with E-state index in [1.807, 2.05) is 13.8 Å². The molecule has 8 heteroatoms. The van der Waals surface area contributed by atoms with E-state index in [4.69, 9.17) is 0 Å². The van der Waals surface area contributed by atoms with Crippen molar-refractivity contribution >= 4 is 16.0 Å². The number of nitrogens with one attached hydrogen (secondary N) is 2. The quantitative estimate of drug-likeness (QED) is 0.529. The van der Waals surface area contributed by atoms with Crippen LogP contribution in [0.4, 0.5) is 0 Å². The number of nitrogens with zero attached hydrogens (tertiary/aromatic N) is 3. The molecule has 2 N–H and O–H groups in total. The zero-order chi connectivity index (χ0) is 18.5. The zero-order valence-electron chi connectivity index (χ0n) is 16.2. The molecule has 2 rings (SSSR count). The Morgan fingerprint density at radius 3 is 2.48 bits per heavy atom. The summed E-state index contributed by atoms with van der Waals surface area (Å²) in [5, 5.41) is 3.33. The Bertz CT molecular complexity index is 555. The summed E-state index contributed by atoms with van der Waals surface area (Å²) in [4.78, 5) is 9.29. The second-order valence-electron chi connectivity index (χ2n) is 8.12. The largest absolute Gasteiger partial charge is 0.354 e.